The van der Waals surface area contributed by atoms with Crippen LogP contribution in [0.3, 0.4) is 0 Å². The van der Waals surface area contributed by atoms with Crippen molar-refractivity contribution in [3.05, 3.63) is 12.7 Å². The zero-order valence-corrected chi connectivity index (χ0v) is 10.9. The van der Waals surface area contributed by atoms with Gasteiger partial charge in [-0.3, -0.25) is 4.79 Å². The first-order valence-corrected chi connectivity index (χ1v) is 5.77. The van der Waals surface area contributed by atoms with Gasteiger partial charge in [0.25, 0.3) is 0 Å². The van der Waals surface area contributed by atoms with E-state index in [0.717, 1.165) is 0 Å². The largest absolute Gasteiger partial charge is 0.454 e. The Hall–Kier alpha value is -0.950. The van der Waals surface area contributed by atoms with Crippen LogP contribution in [-0.2, 0) is 23.7 Å². The lowest BCUT2D eigenvalue weighted by molar-refractivity contribution is -0.297. The molecule has 0 radical (unpaired) electrons. The molecule has 0 aromatic carbocycles. The molecule has 0 aromatic rings. The average molecular weight is 260 g/mol. The van der Waals surface area contributed by atoms with Gasteiger partial charge in [0, 0.05) is 14.0 Å². The number of ether oxygens (including phenoxy) is 4. The quantitative estimate of drug-likeness (QED) is 0.564. The predicted molar refractivity (Wildman–Crippen MR) is 62.8 cm³/mol. The number of carbonyl (C=O) groups is 1. The summed E-state index contributed by atoms with van der Waals surface area (Å²) in [5.41, 5.74) is 0. The van der Waals surface area contributed by atoms with Crippen LogP contribution in [0.2, 0.25) is 0 Å². The lowest BCUT2D eigenvalue weighted by atomic mass is 9.99. The standard InChI is InChI=1S/C12H20O6/c1-5-6-16-12-11(18-8(3)13)9(14)10(15-4)7(2)17-12/h5,7,9-12,14H,1,6H2,2-4H3/t7-,9+,10-,11+,12+/m0/s1. The normalized spacial score (nSPS) is 36.1. The third kappa shape index (κ3) is 3.52. The first-order valence-electron chi connectivity index (χ1n) is 5.77. The first kappa shape index (κ1) is 15.1. The molecular weight excluding hydrogens is 240 g/mol. The molecule has 0 bridgehead atoms. The second-order valence-corrected chi connectivity index (χ2v) is 4.10. The number of methoxy groups -OCH3 is 1. The minimum atomic E-state index is -1.00. The summed E-state index contributed by atoms with van der Waals surface area (Å²) >= 11 is 0. The number of carbonyl (C=O) groups excluding carboxylic acids is 1. The van der Waals surface area contributed by atoms with Gasteiger partial charge in [-0.25, -0.2) is 0 Å². The van der Waals surface area contributed by atoms with E-state index in [-0.39, 0.29) is 12.7 Å². The molecule has 104 valence electrons. The van der Waals surface area contributed by atoms with E-state index >= 15 is 0 Å². The fourth-order valence-electron chi connectivity index (χ4n) is 1.94. The maximum atomic E-state index is 11.0. The predicted octanol–water partition coefficient (Wildman–Crippen LogP) is 0.241. The molecule has 1 rings (SSSR count). The van der Waals surface area contributed by atoms with E-state index in [1.807, 2.05) is 0 Å². The molecule has 0 unspecified atom stereocenters. The summed E-state index contributed by atoms with van der Waals surface area (Å²) in [6.45, 7) is 6.78. The summed E-state index contributed by atoms with van der Waals surface area (Å²) in [5, 5.41) is 10.1. The van der Waals surface area contributed by atoms with Gasteiger partial charge in [-0.1, -0.05) is 6.08 Å². The molecule has 0 spiro atoms. The van der Waals surface area contributed by atoms with Gasteiger partial charge in [0.15, 0.2) is 12.4 Å². The van der Waals surface area contributed by atoms with Crippen molar-refractivity contribution in [3.63, 3.8) is 0 Å². The lowest BCUT2D eigenvalue weighted by Gasteiger charge is -2.41. The highest BCUT2D eigenvalue weighted by Gasteiger charge is 2.46. The van der Waals surface area contributed by atoms with E-state index < -0.39 is 30.6 Å². The van der Waals surface area contributed by atoms with Crippen molar-refractivity contribution in [1.82, 2.24) is 0 Å². The molecule has 1 N–H and O–H groups in total. The van der Waals surface area contributed by atoms with Gasteiger partial charge in [0.1, 0.15) is 12.2 Å². The van der Waals surface area contributed by atoms with Crippen LogP contribution < -0.4 is 0 Å². The van der Waals surface area contributed by atoms with E-state index in [1.165, 1.54) is 14.0 Å². The molecule has 0 aliphatic carbocycles. The zero-order chi connectivity index (χ0) is 13.7. The van der Waals surface area contributed by atoms with Gasteiger partial charge in [0.05, 0.1) is 12.7 Å². The monoisotopic (exact) mass is 260 g/mol. The van der Waals surface area contributed by atoms with Crippen LogP contribution in [0.4, 0.5) is 0 Å². The molecule has 1 fully saturated rings. The minimum Gasteiger partial charge on any atom is -0.454 e. The fourth-order valence-corrected chi connectivity index (χ4v) is 1.94. The Morgan fingerprint density at radius 2 is 2.17 bits per heavy atom. The molecule has 0 amide bonds. The molecule has 1 heterocycles. The molecule has 1 aliphatic rings. The van der Waals surface area contributed by atoms with E-state index in [9.17, 15) is 9.90 Å². The van der Waals surface area contributed by atoms with Gasteiger partial charge in [-0.15, -0.1) is 6.58 Å². The van der Waals surface area contributed by atoms with E-state index in [4.69, 9.17) is 18.9 Å². The maximum Gasteiger partial charge on any atom is 0.303 e. The van der Waals surface area contributed by atoms with E-state index in [0.29, 0.717) is 0 Å². The fraction of sp³-hybridized carbons (Fsp3) is 0.750. The molecule has 5 atom stereocenters. The number of aliphatic hydroxyl groups excluding tert-OH is 1. The number of aliphatic hydroxyl groups is 1. The van der Waals surface area contributed by atoms with Crippen molar-refractivity contribution in [1.29, 1.82) is 0 Å². The highest BCUT2D eigenvalue weighted by molar-refractivity contribution is 5.66. The summed E-state index contributed by atoms with van der Waals surface area (Å²) in [7, 11) is 1.46. The summed E-state index contributed by atoms with van der Waals surface area (Å²) < 4.78 is 21.1. The molecule has 1 saturated heterocycles. The van der Waals surface area contributed by atoms with Crippen molar-refractivity contribution >= 4 is 5.97 Å². The highest BCUT2D eigenvalue weighted by Crippen LogP contribution is 2.26. The SMILES string of the molecule is C=CCO[C@@H]1O[C@@H](C)[C@H](OC)[C@@H](O)[C@H]1OC(C)=O. The molecule has 0 aromatic heterocycles. The van der Waals surface area contributed by atoms with Crippen LogP contribution in [0, 0.1) is 0 Å². The van der Waals surface area contributed by atoms with Crippen molar-refractivity contribution in [2.45, 2.75) is 44.6 Å². The summed E-state index contributed by atoms with van der Waals surface area (Å²) in [6, 6.07) is 0. The van der Waals surface area contributed by atoms with Crippen molar-refractivity contribution in [3.8, 4) is 0 Å². The van der Waals surface area contributed by atoms with Gasteiger partial charge in [0.2, 0.25) is 0 Å². The van der Waals surface area contributed by atoms with Crippen molar-refractivity contribution < 1.29 is 28.8 Å². The number of esters is 1. The van der Waals surface area contributed by atoms with E-state index in [1.54, 1.807) is 13.0 Å². The van der Waals surface area contributed by atoms with Crippen LogP contribution in [0.1, 0.15) is 13.8 Å². The molecule has 6 nitrogen and oxygen atoms in total. The van der Waals surface area contributed by atoms with Crippen LogP contribution in [-0.4, -0.2) is 55.5 Å². The smallest absolute Gasteiger partial charge is 0.303 e. The zero-order valence-electron chi connectivity index (χ0n) is 10.9. The average Bonchev–Trinajstić information content (AvgIpc) is 2.30. The second-order valence-electron chi connectivity index (χ2n) is 4.10. The van der Waals surface area contributed by atoms with Gasteiger partial charge in [-0.2, -0.15) is 0 Å². The Bertz CT molecular complexity index is 292. The second kappa shape index (κ2) is 6.84. The molecule has 0 saturated carbocycles. The van der Waals surface area contributed by atoms with Crippen LogP contribution >= 0.6 is 0 Å². The van der Waals surface area contributed by atoms with Gasteiger partial charge >= 0.3 is 5.97 Å². The molecule has 18 heavy (non-hydrogen) atoms. The topological polar surface area (TPSA) is 74.2 Å². The van der Waals surface area contributed by atoms with Crippen LogP contribution in [0.5, 0.6) is 0 Å². The third-order valence-corrected chi connectivity index (χ3v) is 2.71. The summed E-state index contributed by atoms with van der Waals surface area (Å²) in [4.78, 5) is 11.0. The Morgan fingerprint density at radius 3 is 2.67 bits per heavy atom. The molecular formula is C12H20O6. The number of hydrogen-bond donors (Lipinski definition) is 1. The maximum absolute atomic E-state index is 11.0. The lowest BCUT2D eigenvalue weighted by Crippen LogP contribution is -2.59. The first-order chi connectivity index (χ1) is 8.51. The Labute approximate surface area is 106 Å². The summed E-state index contributed by atoms with van der Waals surface area (Å²) in [6.07, 6.45) is -2.14. The number of hydrogen-bond acceptors (Lipinski definition) is 6. The highest BCUT2D eigenvalue weighted by atomic mass is 16.7. The molecule has 1 aliphatic heterocycles. The third-order valence-electron chi connectivity index (χ3n) is 2.71. The number of rotatable bonds is 5. The van der Waals surface area contributed by atoms with E-state index in [2.05, 4.69) is 6.58 Å². The molecule has 6 heteroatoms. The van der Waals surface area contributed by atoms with Crippen molar-refractivity contribution in [2.24, 2.45) is 0 Å². The summed E-state index contributed by atoms with van der Waals surface area (Å²) in [5.74, 6) is -0.515. The van der Waals surface area contributed by atoms with Crippen LogP contribution in [0.25, 0.3) is 0 Å². The van der Waals surface area contributed by atoms with Gasteiger partial charge in [-0.05, 0) is 6.92 Å². The Kier molecular flexibility index (Phi) is 5.74. The van der Waals surface area contributed by atoms with Crippen LogP contribution in [0.15, 0.2) is 12.7 Å². The minimum absolute atomic E-state index is 0.236. The Morgan fingerprint density at radius 1 is 1.50 bits per heavy atom. The van der Waals surface area contributed by atoms with Crippen molar-refractivity contribution in [2.75, 3.05) is 13.7 Å². The van der Waals surface area contributed by atoms with Gasteiger partial charge < -0.3 is 24.1 Å². The Balaban J connectivity index is 2.79.